The van der Waals surface area contributed by atoms with E-state index in [1.807, 2.05) is 27.7 Å². The average Bonchev–Trinajstić information content (AvgIpc) is 2.86. The Bertz CT molecular complexity index is 1160. The summed E-state index contributed by atoms with van der Waals surface area (Å²) in [4.78, 5) is 36.0. The molecule has 196 valence electrons. The zero-order valence-corrected chi connectivity index (χ0v) is 21.5. The van der Waals surface area contributed by atoms with Gasteiger partial charge in [0.25, 0.3) is 0 Å². The lowest BCUT2D eigenvalue weighted by molar-refractivity contribution is -0.137. The standard InChI is InChI=1S/C29H34N2O6/c1-18(2)26(30)28(34)36-24-13-7-20(8-14-24)5-11-22(32)17-23(33)12-6-21-9-15-25(16-10-21)37-29(35)27(31)19(3)4/h5-19,26-27,32H,30-31H2,1-4H3/b11-5+,12-6+,22-17-. The molecule has 2 aromatic rings. The van der Waals surface area contributed by atoms with Crippen molar-refractivity contribution in [2.24, 2.45) is 23.3 Å². The predicted octanol–water partition coefficient (Wildman–Crippen LogP) is 4.20. The van der Waals surface area contributed by atoms with Crippen LogP contribution in [-0.4, -0.2) is 34.9 Å². The number of carbonyl (C=O) groups is 3. The number of rotatable bonds is 11. The Morgan fingerprint density at radius 1 is 0.703 bits per heavy atom. The molecule has 0 saturated carbocycles. The molecule has 0 radical (unpaired) electrons. The minimum absolute atomic E-state index is 0.0338. The normalized spacial score (nSPS) is 13.8. The molecule has 0 fully saturated rings. The summed E-state index contributed by atoms with van der Waals surface area (Å²) in [5.74, 6) is -0.994. The summed E-state index contributed by atoms with van der Waals surface area (Å²) in [5, 5.41) is 10.0. The molecule has 0 heterocycles. The van der Waals surface area contributed by atoms with Gasteiger partial charge >= 0.3 is 11.9 Å². The third kappa shape index (κ3) is 9.87. The maximum absolute atomic E-state index is 12.1. The first-order valence-corrected chi connectivity index (χ1v) is 11.9. The quantitative estimate of drug-likeness (QED) is 0.135. The molecule has 0 bridgehead atoms. The highest BCUT2D eigenvalue weighted by Gasteiger charge is 2.20. The van der Waals surface area contributed by atoms with Crippen LogP contribution in [0.25, 0.3) is 12.2 Å². The minimum atomic E-state index is -0.705. The second-order valence-corrected chi connectivity index (χ2v) is 9.16. The van der Waals surface area contributed by atoms with Crippen molar-refractivity contribution in [2.75, 3.05) is 0 Å². The van der Waals surface area contributed by atoms with Gasteiger partial charge in [0.1, 0.15) is 29.3 Å². The van der Waals surface area contributed by atoms with Gasteiger partial charge in [-0.15, -0.1) is 0 Å². The fourth-order valence-electron chi connectivity index (χ4n) is 2.81. The molecule has 0 spiro atoms. The number of esters is 2. The van der Waals surface area contributed by atoms with Crippen LogP contribution in [0.3, 0.4) is 0 Å². The van der Waals surface area contributed by atoms with Crippen molar-refractivity contribution < 1.29 is 29.0 Å². The SMILES string of the molecule is CC(C)C(N)C(=O)Oc1ccc(/C=C/C(=O)/C=C(O)/C=C/c2ccc(OC(=O)C(N)C(C)C)cc2)cc1. The van der Waals surface area contributed by atoms with Crippen molar-refractivity contribution >= 4 is 29.9 Å². The summed E-state index contributed by atoms with van der Waals surface area (Å²) in [6.07, 6.45) is 6.96. The number of nitrogens with two attached hydrogens (primary N) is 2. The summed E-state index contributed by atoms with van der Waals surface area (Å²) in [7, 11) is 0. The molecule has 8 nitrogen and oxygen atoms in total. The molecular formula is C29H34N2O6. The molecule has 37 heavy (non-hydrogen) atoms. The van der Waals surface area contributed by atoms with E-state index in [1.54, 1.807) is 60.7 Å². The Morgan fingerprint density at radius 2 is 1.08 bits per heavy atom. The number of ether oxygens (including phenoxy) is 2. The lowest BCUT2D eigenvalue weighted by Crippen LogP contribution is -2.38. The Kier molecular flexibility index (Phi) is 11.0. The van der Waals surface area contributed by atoms with Gasteiger partial charge in [-0.25, -0.2) is 9.59 Å². The summed E-state index contributed by atoms with van der Waals surface area (Å²) >= 11 is 0. The molecule has 5 N–H and O–H groups in total. The number of carbonyl (C=O) groups excluding carboxylic acids is 3. The van der Waals surface area contributed by atoms with Crippen LogP contribution in [0.2, 0.25) is 0 Å². The Hall–Kier alpha value is -4.01. The molecule has 2 aromatic carbocycles. The number of ketones is 1. The van der Waals surface area contributed by atoms with Gasteiger partial charge in [-0.05, 0) is 59.4 Å². The van der Waals surface area contributed by atoms with Crippen molar-refractivity contribution in [1.82, 2.24) is 0 Å². The molecule has 0 saturated heterocycles. The highest BCUT2D eigenvalue weighted by molar-refractivity contribution is 6.02. The topological polar surface area (TPSA) is 142 Å². The predicted molar refractivity (Wildman–Crippen MR) is 144 cm³/mol. The van der Waals surface area contributed by atoms with E-state index in [0.717, 1.165) is 11.6 Å². The number of benzene rings is 2. The first kappa shape index (κ1) is 29.2. The maximum Gasteiger partial charge on any atom is 0.328 e. The lowest BCUT2D eigenvalue weighted by Gasteiger charge is -2.14. The molecule has 8 heteroatoms. The lowest BCUT2D eigenvalue weighted by atomic mass is 10.1. The van der Waals surface area contributed by atoms with Gasteiger partial charge in [-0.2, -0.15) is 0 Å². The molecule has 0 amide bonds. The minimum Gasteiger partial charge on any atom is -0.508 e. The van der Waals surface area contributed by atoms with E-state index in [9.17, 15) is 19.5 Å². The Labute approximate surface area is 217 Å². The molecular weight excluding hydrogens is 472 g/mol. The highest BCUT2D eigenvalue weighted by Crippen LogP contribution is 2.16. The van der Waals surface area contributed by atoms with Crippen molar-refractivity contribution in [3.8, 4) is 11.5 Å². The maximum atomic E-state index is 12.1. The van der Waals surface area contributed by atoms with E-state index in [4.69, 9.17) is 20.9 Å². The molecule has 0 aliphatic carbocycles. The molecule has 2 unspecified atom stereocenters. The average molecular weight is 507 g/mol. The summed E-state index contributed by atoms with van der Waals surface area (Å²) in [5.41, 5.74) is 13.0. The summed E-state index contributed by atoms with van der Waals surface area (Å²) in [6, 6.07) is 11.8. The summed E-state index contributed by atoms with van der Waals surface area (Å²) in [6.45, 7) is 7.34. The van der Waals surface area contributed by atoms with Gasteiger partial charge < -0.3 is 26.0 Å². The molecule has 2 atom stereocenters. The van der Waals surface area contributed by atoms with Gasteiger partial charge in [0.05, 0.1) is 0 Å². The Morgan fingerprint density at radius 3 is 1.46 bits per heavy atom. The monoisotopic (exact) mass is 506 g/mol. The second kappa shape index (κ2) is 13.9. The van der Waals surface area contributed by atoms with E-state index in [1.165, 1.54) is 12.2 Å². The zero-order valence-electron chi connectivity index (χ0n) is 21.5. The van der Waals surface area contributed by atoms with Gasteiger partial charge in [0, 0.05) is 6.08 Å². The number of aliphatic hydroxyl groups is 1. The van der Waals surface area contributed by atoms with Crippen molar-refractivity contribution in [2.45, 2.75) is 39.8 Å². The van der Waals surface area contributed by atoms with Crippen LogP contribution in [0, 0.1) is 11.8 Å². The van der Waals surface area contributed by atoms with E-state index in [2.05, 4.69) is 0 Å². The molecule has 0 aliphatic rings. The number of aliphatic hydroxyl groups excluding tert-OH is 1. The summed E-state index contributed by atoms with van der Waals surface area (Å²) < 4.78 is 10.5. The van der Waals surface area contributed by atoms with Crippen LogP contribution in [-0.2, 0) is 14.4 Å². The van der Waals surface area contributed by atoms with Gasteiger partial charge in [-0.1, -0.05) is 64.1 Å². The van der Waals surface area contributed by atoms with E-state index in [0.29, 0.717) is 17.1 Å². The van der Waals surface area contributed by atoms with Gasteiger partial charge in [0.2, 0.25) is 0 Å². The van der Waals surface area contributed by atoms with Crippen molar-refractivity contribution in [1.29, 1.82) is 0 Å². The third-order valence-electron chi connectivity index (χ3n) is 5.35. The fourth-order valence-corrected chi connectivity index (χ4v) is 2.81. The molecule has 0 aromatic heterocycles. The van der Waals surface area contributed by atoms with E-state index < -0.39 is 29.8 Å². The molecule has 0 aliphatic heterocycles. The third-order valence-corrected chi connectivity index (χ3v) is 5.35. The zero-order chi connectivity index (χ0) is 27.5. The van der Waals surface area contributed by atoms with Crippen LogP contribution in [0.1, 0.15) is 38.8 Å². The van der Waals surface area contributed by atoms with Crippen LogP contribution >= 0.6 is 0 Å². The van der Waals surface area contributed by atoms with E-state index >= 15 is 0 Å². The number of allylic oxidation sites excluding steroid dienone is 3. The van der Waals surface area contributed by atoms with Gasteiger partial charge in [0.15, 0.2) is 5.78 Å². The van der Waals surface area contributed by atoms with Crippen LogP contribution in [0.5, 0.6) is 11.5 Å². The fraction of sp³-hybridized carbons (Fsp3) is 0.276. The van der Waals surface area contributed by atoms with E-state index in [-0.39, 0.29) is 17.6 Å². The second-order valence-electron chi connectivity index (χ2n) is 9.16. The van der Waals surface area contributed by atoms with Crippen LogP contribution < -0.4 is 20.9 Å². The number of hydrogen-bond donors (Lipinski definition) is 3. The first-order valence-electron chi connectivity index (χ1n) is 11.9. The van der Waals surface area contributed by atoms with Crippen molar-refractivity contribution in [3.63, 3.8) is 0 Å². The molecule has 2 rings (SSSR count). The van der Waals surface area contributed by atoms with Crippen molar-refractivity contribution in [3.05, 3.63) is 83.6 Å². The van der Waals surface area contributed by atoms with Crippen LogP contribution in [0.4, 0.5) is 0 Å². The smallest absolute Gasteiger partial charge is 0.328 e. The first-order chi connectivity index (χ1) is 17.5. The highest BCUT2D eigenvalue weighted by atomic mass is 16.5. The largest absolute Gasteiger partial charge is 0.508 e. The van der Waals surface area contributed by atoms with Gasteiger partial charge in [-0.3, -0.25) is 4.79 Å². The van der Waals surface area contributed by atoms with Crippen LogP contribution in [0.15, 0.2) is 72.5 Å². The number of hydrogen-bond acceptors (Lipinski definition) is 8. The Balaban J connectivity index is 1.90.